The molecule has 4 amide bonds. The van der Waals surface area contributed by atoms with E-state index in [2.05, 4.69) is 40.8 Å². The Morgan fingerprint density at radius 1 is 1.00 bits per heavy atom. The van der Waals surface area contributed by atoms with E-state index < -0.39 is 56.0 Å². The van der Waals surface area contributed by atoms with Gasteiger partial charge in [0.05, 0.1) is 32.8 Å². The maximum atomic E-state index is 13.4. The lowest BCUT2D eigenvalue weighted by molar-refractivity contribution is -0.145. The van der Waals surface area contributed by atoms with Gasteiger partial charge in [-0.25, -0.2) is 9.69 Å². The fourth-order valence-electron chi connectivity index (χ4n) is 5.21. The topological polar surface area (TPSA) is 129 Å². The first-order chi connectivity index (χ1) is 24.2. The highest BCUT2D eigenvalue weighted by Gasteiger charge is 2.43. The number of halogens is 1. The molecule has 1 heterocycles. The molecule has 2 atom stereocenters. The second-order valence-electron chi connectivity index (χ2n) is 15.9. The summed E-state index contributed by atoms with van der Waals surface area (Å²) in [5.74, 6) is -2.07. The van der Waals surface area contributed by atoms with E-state index in [1.54, 1.807) is 27.9 Å². The Hall–Kier alpha value is -2.80. The molecule has 0 spiro atoms. The lowest BCUT2D eigenvalue weighted by Gasteiger charge is -2.38. The van der Waals surface area contributed by atoms with Gasteiger partial charge in [0, 0.05) is 31.6 Å². The summed E-state index contributed by atoms with van der Waals surface area (Å²) in [6.07, 6.45) is 11.5. The molecule has 0 radical (unpaired) electrons. The van der Waals surface area contributed by atoms with Gasteiger partial charge in [0.25, 0.3) is 5.91 Å². The van der Waals surface area contributed by atoms with Gasteiger partial charge in [0.2, 0.25) is 11.8 Å². The summed E-state index contributed by atoms with van der Waals surface area (Å²) < 4.78 is 22.8. The average molecular weight is 769 g/mol. The quantitative estimate of drug-likeness (QED) is 0.0460. The van der Waals surface area contributed by atoms with E-state index in [0.717, 1.165) is 34.6 Å². The third-order valence-corrected chi connectivity index (χ3v) is 14.1. The van der Waals surface area contributed by atoms with Crippen LogP contribution in [0.4, 0.5) is 4.79 Å². The van der Waals surface area contributed by atoms with Crippen molar-refractivity contribution in [2.24, 2.45) is 0 Å². The van der Waals surface area contributed by atoms with Crippen molar-refractivity contribution in [2.75, 3.05) is 27.4 Å². The minimum Gasteiger partial charge on any atom is -0.499 e. The number of carbonyl (C=O) groups excluding carboxylic acids is 5. The molecule has 296 valence electrons. The number of carbonyl (C=O) groups is 5. The number of allylic oxidation sites excluding steroid dienone is 1. The zero-order valence-electron chi connectivity index (χ0n) is 33.6. The predicted molar refractivity (Wildman–Crippen MR) is 207 cm³/mol. The molecular formula is C39H65ClN2O9Si. The van der Waals surface area contributed by atoms with Crippen LogP contribution in [0, 0.1) is 0 Å². The standard InChI is InChI=1S/C39H65ClN2O9Si/c1-12-13-14-15-17-20-31(48-8)21-18-16-19-22-34(44)41(37(47)51-38(2,3)4)27-29(26-40)23-30(43)24-35(45)42-32(33(49-9)25-36(42)46)28-50-52(10,11)39(5,6)7/h16,18,25-26,31-32H,12-15,17,19-24,27-28H2,1-11H3/b18-16+,29-26-/t31-,32+/m0/s1. The van der Waals surface area contributed by atoms with Gasteiger partial charge >= 0.3 is 6.09 Å². The van der Waals surface area contributed by atoms with Crippen molar-refractivity contribution in [3.63, 3.8) is 0 Å². The summed E-state index contributed by atoms with van der Waals surface area (Å²) in [7, 11) is 0.883. The fourth-order valence-corrected chi connectivity index (χ4v) is 6.36. The zero-order valence-corrected chi connectivity index (χ0v) is 35.4. The van der Waals surface area contributed by atoms with E-state index in [4.69, 9.17) is 30.2 Å². The third kappa shape index (κ3) is 16.5. The summed E-state index contributed by atoms with van der Waals surface area (Å²) >= 11 is 6.10. The summed E-state index contributed by atoms with van der Waals surface area (Å²) in [4.78, 5) is 67.9. The predicted octanol–water partition coefficient (Wildman–Crippen LogP) is 8.61. The molecule has 0 bridgehead atoms. The average Bonchev–Trinajstić information content (AvgIpc) is 3.37. The molecule has 0 saturated heterocycles. The Kier molecular flexibility index (Phi) is 20.4. The number of unbranched alkanes of at least 4 members (excludes halogenated alkanes) is 4. The van der Waals surface area contributed by atoms with Crippen molar-refractivity contribution in [1.82, 2.24) is 9.80 Å². The van der Waals surface area contributed by atoms with Crippen LogP contribution >= 0.6 is 11.6 Å². The first-order valence-electron chi connectivity index (χ1n) is 18.5. The molecule has 0 fully saturated rings. The first-order valence-corrected chi connectivity index (χ1v) is 21.8. The maximum Gasteiger partial charge on any atom is 0.417 e. The Morgan fingerprint density at radius 3 is 2.21 bits per heavy atom. The van der Waals surface area contributed by atoms with Crippen molar-refractivity contribution in [3.05, 3.63) is 35.1 Å². The monoisotopic (exact) mass is 768 g/mol. The van der Waals surface area contributed by atoms with E-state index in [-0.39, 0.29) is 48.5 Å². The number of ketones is 1. The molecule has 1 aliphatic heterocycles. The molecule has 0 unspecified atom stereocenters. The molecule has 0 aromatic heterocycles. The molecule has 1 rings (SSSR count). The third-order valence-electron chi connectivity index (χ3n) is 9.31. The van der Waals surface area contributed by atoms with Crippen LogP contribution in [0.3, 0.4) is 0 Å². The van der Waals surface area contributed by atoms with Crippen LogP contribution in [0.2, 0.25) is 18.1 Å². The van der Waals surface area contributed by atoms with Gasteiger partial charge in [0.15, 0.2) is 8.32 Å². The van der Waals surface area contributed by atoms with Crippen LogP contribution in [0.5, 0.6) is 0 Å². The number of hydrogen-bond acceptors (Lipinski definition) is 9. The smallest absolute Gasteiger partial charge is 0.417 e. The van der Waals surface area contributed by atoms with Crippen LogP contribution in [0.25, 0.3) is 0 Å². The molecule has 11 nitrogen and oxygen atoms in total. The van der Waals surface area contributed by atoms with Crippen molar-refractivity contribution in [3.8, 4) is 0 Å². The molecule has 0 saturated carbocycles. The summed E-state index contributed by atoms with van der Waals surface area (Å²) in [6, 6.07) is -0.805. The second-order valence-corrected chi connectivity index (χ2v) is 20.9. The lowest BCUT2D eigenvalue weighted by Crippen LogP contribution is -2.48. The number of hydrogen-bond donors (Lipinski definition) is 0. The van der Waals surface area contributed by atoms with Crippen LogP contribution in [0.15, 0.2) is 35.1 Å². The maximum absolute atomic E-state index is 13.4. The van der Waals surface area contributed by atoms with E-state index in [1.165, 1.54) is 38.9 Å². The van der Waals surface area contributed by atoms with E-state index in [0.29, 0.717) is 6.42 Å². The van der Waals surface area contributed by atoms with Gasteiger partial charge in [-0.3, -0.25) is 24.1 Å². The Morgan fingerprint density at radius 2 is 1.65 bits per heavy atom. The number of rotatable bonds is 22. The van der Waals surface area contributed by atoms with E-state index in [9.17, 15) is 24.0 Å². The van der Waals surface area contributed by atoms with Crippen LogP contribution < -0.4 is 0 Å². The molecule has 0 aromatic rings. The van der Waals surface area contributed by atoms with Crippen molar-refractivity contribution >= 4 is 49.5 Å². The minimum atomic E-state index is -2.24. The minimum absolute atomic E-state index is 0.0245. The largest absolute Gasteiger partial charge is 0.499 e. The van der Waals surface area contributed by atoms with Gasteiger partial charge in [-0.15, -0.1) is 0 Å². The SMILES string of the molecule is CCCCCCC[C@@H](C/C=C/CCC(=O)N(C/C(=C\Cl)CC(=O)CC(=O)N1C(=O)C=C(OC)[C@H]1CO[Si](C)(C)C(C)(C)C)C(=O)OC(C)(C)C)OC. The summed E-state index contributed by atoms with van der Waals surface area (Å²) in [5, 5.41) is -0.104. The van der Waals surface area contributed by atoms with Gasteiger partial charge in [-0.1, -0.05) is 83.6 Å². The first kappa shape index (κ1) is 47.2. The van der Waals surface area contributed by atoms with Crippen molar-refractivity contribution in [2.45, 2.75) is 155 Å². The van der Waals surface area contributed by atoms with Crippen LogP contribution in [-0.4, -0.2) is 92.8 Å². The van der Waals surface area contributed by atoms with Crippen LogP contribution in [-0.2, 0) is 37.8 Å². The molecular weight excluding hydrogens is 704 g/mol. The van der Waals surface area contributed by atoms with E-state index in [1.807, 2.05) is 12.2 Å². The Balaban J connectivity index is 2.93. The highest BCUT2D eigenvalue weighted by molar-refractivity contribution is 6.74. The number of ether oxygens (including phenoxy) is 3. The molecule has 52 heavy (non-hydrogen) atoms. The van der Waals surface area contributed by atoms with Crippen molar-refractivity contribution < 1.29 is 42.6 Å². The van der Waals surface area contributed by atoms with Crippen molar-refractivity contribution in [1.29, 1.82) is 0 Å². The highest BCUT2D eigenvalue weighted by atomic mass is 35.5. The summed E-state index contributed by atoms with van der Waals surface area (Å²) in [6.45, 7) is 17.4. The number of Topliss-reactive ketones (excluding diaryl/α,β-unsaturated/α-hetero) is 1. The molecule has 0 aromatic carbocycles. The highest BCUT2D eigenvalue weighted by Crippen LogP contribution is 2.37. The van der Waals surface area contributed by atoms with Gasteiger partial charge in [-0.2, -0.15) is 0 Å². The molecule has 13 heteroatoms. The number of nitrogens with zero attached hydrogens (tertiary/aromatic N) is 2. The Labute approximate surface area is 318 Å². The molecule has 1 aliphatic rings. The van der Waals surface area contributed by atoms with Crippen LogP contribution in [0.1, 0.15) is 119 Å². The molecule has 0 N–H and O–H groups in total. The summed E-state index contributed by atoms with van der Waals surface area (Å²) in [5.41, 5.74) is 0.482. The zero-order chi connectivity index (χ0) is 39.7. The fraction of sp³-hybridized carbons (Fsp3) is 0.718. The normalized spacial score (nSPS) is 16.3. The Bertz CT molecular complexity index is 1300. The lowest BCUT2D eigenvalue weighted by atomic mass is 10.1. The number of amides is 4. The number of imide groups is 2. The second kappa shape index (κ2) is 22.4. The van der Waals surface area contributed by atoms with Gasteiger partial charge < -0.3 is 18.6 Å². The van der Waals surface area contributed by atoms with Gasteiger partial charge in [-0.05, 0) is 63.7 Å². The number of methoxy groups -OCH3 is 2. The molecule has 0 aliphatic carbocycles. The van der Waals surface area contributed by atoms with Gasteiger partial charge in [0.1, 0.15) is 23.2 Å². The van der Waals surface area contributed by atoms with E-state index >= 15 is 0 Å².